The number of ether oxygens (including phenoxy) is 2. The van der Waals surface area contributed by atoms with Crippen molar-refractivity contribution in [2.24, 2.45) is 0 Å². The van der Waals surface area contributed by atoms with Crippen LogP contribution in [0.25, 0.3) is 16.9 Å². The molecule has 2 aromatic heterocycles. The number of nitrogens with one attached hydrogen (secondary N) is 1. The molecule has 4 aromatic rings. The Hall–Kier alpha value is -3.65. The van der Waals surface area contributed by atoms with Gasteiger partial charge in [-0.3, -0.25) is 10.1 Å². The molecule has 7 nitrogen and oxygen atoms in total. The van der Waals surface area contributed by atoms with Gasteiger partial charge in [0, 0.05) is 22.4 Å². The molecule has 2 aromatic carbocycles. The Morgan fingerprint density at radius 3 is 2.47 bits per heavy atom. The first-order valence-corrected chi connectivity index (χ1v) is 11.0. The third-order valence-electron chi connectivity index (χ3n) is 5.68. The molecule has 0 unspecified atom stereocenters. The molecule has 0 bridgehead atoms. The van der Waals surface area contributed by atoms with E-state index in [0.29, 0.717) is 28.7 Å². The van der Waals surface area contributed by atoms with Crippen molar-refractivity contribution in [2.45, 2.75) is 20.3 Å². The number of rotatable bonds is 5. The molecule has 0 radical (unpaired) electrons. The molecule has 0 saturated carbocycles. The Balaban J connectivity index is 1.65. The standard InChI is InChI=1S/C24H22N4O3S/c1-13-14(2)32-24(25-13)26-23(29)21-18-10-15-11-19(30-3)20(31-4)12-17(15)22(18)28(27-21)16-8-6-5-7-9-16/h5-9,11-12H,10H2,1-4H3,(H,25,26,29). The minimum absolute atomic E-state index is 0.267. The van der Waals surface area contributed by atoms with Crippen molar-refractivity contribution in [3.8, 4) is 28.4 Å². The Labute approximate surface area is 189 Å². The number of carbonyl (C=O) groups excluding carboxylic acids is 1. The second-order valence-corrected chi connectivity index (χ2v) is 8.78. The van der Waals surface area contributed by atoms with E-state index in [4.69, 9.17) is 14.6 Å². The highest BCUT2D eigenvalue weighted by atomic mass is 32.1. The normalized spacial score (nSPS) is 11.8. The van der Waals surface area contributed by atoms with Crippen LogP contribution in [0.1, 0.15) is 32.2 Å². The lowest BCUT2D eigenvalue weighted by Crippen LogP contribution is -2.15. The van der Waals surface area contributed by atoms with E-state index in [1.807, 2.05) is 61.0 Å². The number of nitrogens with zero attached hydrogens (tertiary/aromatic N) is 3. The molecule has 32 heavy (non-hydrogen) atoms. The van der Waals surface area contributed by atoms with E-state index in [-0.39, 0.29) is 5.91 Å². The Morgan fingerprint density at radius 1 is 1.09 bits per heavy atom. The van der Waals surface area contributed by atoms with Crippen molar-refractivity contribution in [2.75, 3.05) is 19.5 Å². The summed E-state index contributed by atoms with van der Waals surface area (Å²) in [7, 11) is 3.24. The number of benzene rings is 2. The molecule has 5 rings (SSSR count). The van der Waals surface area contributed by atoms with Crippen LogP contribution in [0.2, 0.25) is 0 Å². The molecule has 0 spiro atoms. The number of methoxy groups -OCH3 is 2. The van der Waals surface area contributed by atoms with Crippen molar-refractivity contribution in [3.63, 3.8) is 0 Å². The summed E-state index contributed by atoms with van der Waals surface area (Å²) in [6, 6.07) is 13.7. The van der Waals surface area contributed by atoms with E-state index >= 15 is 0 Å². The monoisotopic (exact) mass is 446 g/mol. The molecule has 1 N–H and O–H groups in total. The fourth-order valence-corrected chi connectivity index (χ4v) is 4.80. The predicted molar refractivity (Wildman–Crippen MR) is 124 cm³/mol. The number of para-hydroxylation sites is 1. The molecule has 2 heterocycles. The lowest BCUT2D eigenvalue weighted by molar-refractivity contribution is 0.102. The Morgan fingerprint density at radius 2 is 1.81 bits per heavy atom. The highest BCUT2D eigenvalue weighted by Crippen LogP contribution is 2.44. The molecule has 0 aliphatic heterocycles. The molecule has 0 atom stereocenters. The van der Waals surface area contributed by atoms with Crippen molar-refractivity contribution in [1.29, 1.82) is 0 Å². The molecule has 1 aliphatic carbocycles. The lowest BCUT2D eigenvalue weighted by Gasteiger charge is -2.12. The molecular weight excluding hydrogens is 424 g/mol. The molecule has 162 valence electrons. The van der Waals surface area contributed by atoms with Crippen molar-refractivity contribution < 1.29 is 14.3 Å². The molecule has 1 aliphatic rings. The van der Waals surface area contributed by atoms with Crippen LogP contribution in [0.4, 0.5) is 5.13 Å². The summed E-state index contributed by atoms with van der Waals surface area (Å²) in [6.07, 6.45) is 0.580. The number of hydrogen-bond donors (Lipinski definition) is 1. The molecule has 1 amide bonds. The van der Waals surface area contributed by atoms with Gasteiger partial charge >= 0.3 is 0 Å². The second kappa shape index (κ2) is 7.80. The van der Waals surface area contributed by atoms with Crippen LogP contribution in [0, 0.1) is 13.8 Å². The average molecular weight is 447 g/mol. The summed E-state index contributed by atoms with van der Waals surface area (Å²) < 4.78 is 12.9. The van der Waals surface area contributed by atoms with Gasteiger partial charge in [0.2, 0.25) is 0 Å². The zero-order valence-electron chi connectivity index (χ0n) is 18.2. The average Bonchev–Trinajstić information content (AvgIpc) is 3.44. The van der Waals surface area contributed by atoms with Gasteiger partial charge in [0.15, 0.2) is 22.3 Å². The van der Waals surface area contributed by atoms with Crippen molar-refractivity contribution in [1.82, 2.24) is 14.8 Å². The molecule has 0 fully saturated rings. The smallest absolute Gasteiger partial charge is 0.278 e. The van der Waals surface area contributed by atoms with E-state index in [0.717, 1.165) is 38.6 Å². The fourth-order valence-electron chi connectivity index (χ4n) is 3.99. The molecule has 8 heteroatoms. The zero-order chi connectivity index (χ0) is 22.4. The maximum absolute atomic E-state index is 13.3. The first-order valence-electron chi connectivity index (χ1n) is 10.2. The second-order valence-electron chi connectivity index (χ2n) is 7.58. The first-order chi connectivity index (χ1) is 15.5. The van der Waals surface area contributed by atoms with Gasteiger partial charge in [0.1, 0.15) is 0 Å². The first kappa shape index (κ1) is 20.3. The summed E-state index contributed by atoms with van der Waals surface area (Å²) >= 11 is 1.46. The highest BCUT2D eigenvalue weighted by molar-refractivity contribution is 7.15. The summed E-state index contributed by atoms with van der Waals surface area (Å²) in [5.74, 6) is 1.03. The van der Waals surface area contributed by atoms with Crippen LogP contribution in [-0.2, 0) is 6.42 Å². The number of aryl methyl sites for hydroxylation is 2. The van der Waals surface area contributed by atoms with Gasteiger partial charge in [0.25, 0.3) is 5.91 Å². The fraction of sp³-hybridized carbons (Fsp3) is 0.208. The molecule has 0 saturated heterocycles. The highest BCUT2D eigenvalue weighted by Gasteiger charge is 2.32. The van der Waals surface area contributed by atoms with E-state index < -0.39 is 0 Å². The largest absolute Gasteiger partial charge is 0.493 e. The SMILES string of the molecule is COc1cc2c(cc1OC)-c1c(c(C(=O)Nc3nc(C)c(C)s3)nn1-c1ccccc1)C2. The van der Waals surface area contributed by atoms with Gasteiger partial charge in [-0.25, -0.2) is 9.67 Å². The number of hydrogen-bond acceptors (Lipinski definition) is 6. The Bertz CT molecular complexity index is 1320. The van der Waals surface area contributed by atoms with Crippen LogP contribution in [0.3, 0.4) is 0 Å². The van der Waals surface area contributed by atoms with E-state index in [1.54, 1.807) is 14.2 Å². The quantitative estimate of drug-likeness (QED) is 0.420. The number of aromatic nitrogens is 3. The lowest BCUT2D eigenvalue weighted by atomic mass is 10.1. The predicted octanol–water partition coefficient (Wildman–Crippen LogP) is 4.79. The van der Waals surface area contributed by atoms with E-state index in [9.17, 15) is 4.79 Å². The molecular formula is C24H22N4O3S. The number of carbonyl (C=O) groups is 1. The van der Waals surface area contributed by atoms with Crippen LogP contribution >= 0.6 is 11.3 Å². The summed E-state index contributed by atoms with van der Waals surface area (Å²) in [4.78, 5) is 18.8. The van der Waals surface area contributed by atoms with Crippen LogP contribution in [0.15, 0.2) is 42.5 Å². The van der Waals surface area contributed by atoms with Crippen LogP contribution < -0.4 is 14.8 Å². The number of anilines is 1. The van der Waals surface area contributed by atoms with Crippen molar-refractivity contribution >= 4 is 22.4 Å². The van der Waals surface area contributed by atoms with E-state index in [1.165, 1.54) is 11.3 Å². The zero-order valence-corrected chi connectivity index (χ0v) is 19.0. The summed E-state index contributed by atoms with van der Waals surface area (Å²) in [5.41, 5.74) is 6.00. The minimum Gasteiger partial charge on any atom is -0.493 e. The van der Waals surface area contributed by atoms with Gasteiger partial charge < -0.3 is 9.47 Å². The van der Waals surface area contributed by atoms with E-state index in [2.05, 4.69) is 10.3 Å². The third-order valence-corrected chi connectivity index (χ3v) is 6.67. The summed E-state index contributed by atoms with van der Waals surface area (Å²) in [5, 5.41) is 8.24. The number of amides is 1. The maximum Gasteiger partial charge on any atom is 0.278 e. The maximum atomic E-state index is 13.3. The summed E-state index contributed by atoms with van der Waals surface area (Å²) in [6.45, 7) is 3.92. The van der Waals surface area contributed by atoms with Crippen LogP contribution in [-0.4, -0.2) is 34.9 Å². The van der Waals surface area contributed by atoms with Gasteiger partial charge in [0.05, 0.1) is 31.3 Å². The van der Waals surface area contributed by atoms with Gasteiger partial charge in [-0.15, -0.1) is 11.3 Å². The number of fused-ring (bicyclic) bond motifs is 3. The minimum atomic E-state index is -0.267. The third kappa shape index (κ3) is 3.23. The van der Waals surface area contributed by atoms with Crippen molar-refractivity contribution in [3.05, 3.63) is 69.9 Å². The van der Waals surface area contributed by atoms with Gasteiger partial charge in [-0.1, -0.05) is 18.2 Å². The van der Waals surface area contributed by atoms with Gasteiger partial charge in [-0.05, 0) is 43.7 Å². The number of thiazole rings is 1. The van der Waals surface area contributed by atoms with Crippen LogP contribution in [0.5, 0.6) is 11.5 Å². The topological polar surface area (TPSA) is 78.3 Å². The Kier molecular flexibility index (Phi) is 4.94. The van der Waals surface area contributed by atoms with Gasteiger partial charge in [-0.2, -0.15) is 5.10 Å².